The van der Waals surface area contributed by atoms with E-state index < -0.39 is 30.1 Å². The van der Waals surface area contributed by atoms with Crippen molar-refractivity contribution in [3.05, 3.63) is 42.2 Å². The zero-order valence-electron chi connectivity index (χ0n) is 13.9. The Balaban J connectivity index is 1.94. The van der Waals surface area contributed by atoms with Crippen LogP contribution in [0.25, 0.3) is 5.69 Å². The van der Waals surface area contributed by atoms with Crippen molar-refractivity contribution >= 4 is 12.6 Å². The lowest BCUT2D eigenvalue weighted by atomic mass is 9.82. The lowest BCUT2D eigenvalue weighted by Gasteiger charge is -2.32. The van der Waals surface area contributed by atoms with E-state index in [-0.39, 0.29) is 5.69 Å². The Labute approximate surface area is 138 Å². The summed E-state index contributed by atoms with van der Waals surface area (Å²) in [6.07, 6.45) is -1.48. The minimum absolute atomic E-state index is 0.0345. The molecule has 0 aliphatic carbocycles. The van der Waals surface area contributed by atoms with Crippen LogP contribution < -0.4 is 5.46 Å². The highest BCUT2D eigenvalue weighted by Gasteiger charge is 2.52. The van der Waals surface area contributed by atoms with Crippen molar-refractivity contribution in [1.29, 1.82) is 0 Å². The van der Waals surface area contributed by atoms with Gasteiger partial charge < -0.3 is 9.31 Å². The van der Waals surface area contributed by atoms with Gasteiger partial charge in [-0.2, -0.15) is 18.3 Å². The fourth-order valence-corrected chi connectivity index (χ4v) is 2.48. The van der Waals surface area contributed by atoms with Gasteiger partial charge in [0.15, 0.2) is 0 Å². The van der Waals surface area contributed by atoms with Gasteiger partial charge in [-0.25, -0.2) is 4.68 Å². The molecule has 0 atom stereocenters. The molecule has 1 aromatic carbocycles. The summed E-state index contributed by atoms with van der Waals surface area (Å²) < 4.78 is 52.5. The van der Waals surface area contributed by atoms with Crippen LogP contribution in [0.5, 0.6) is 0 Å². The molecule has 0 bridgehead atoms. The smallest absolute Gasteiger partial charge is 0.399 e. The molecule has 0 radical (unpaired) electrons. The molecule has 1 aromatic heterocycles. The number of aromatic nitrogens is 2. The third-order valence-electron chi connectivity index (χ3n) is 4.58. The van der Waals surface area contributed by atoms with Crippen molar-refractivity contribution in [3.8, 4) is 5.69 Å². The molecule has 3 rings (SSSR count). The molecule has 0 unspecified atom stereocenters. The Bertz CT molecular complexity index is 740. The van der Waals surface area contributed by atoms with Gasteiger partial charge in [0.25, 0.3) is 0 Å². The van der Waals surface area contributed by atoms with E-state index in [2.05, 4.69) is 5.10 Å². The number of halogens is 3. The molecule has 0 amide bonds. The Morgan fingerprint density at radius 1 is 1.04 bits per heavy atom. The van der Waals surface area contributed by atoms with Gasteiger partial charge in [-0.15, -0.1) is 0 Å². The Morgan fingerprint density at radius 3 is 2.21 bits per heavy atom. The van der Waals surface area contributed by atoms with Crippen LogP contribution in [0.2, 0.25) is 0 Å². The Kier molecular flexibility index (Phi) is 3.80. The van der Waals surface area contributed by atoms with Crippen LogP contribution in [0.4, 0.5) is 13.2 Å². The quantitative estimate of drug-likeness (QED) is 0.789. The summed E-state index contributed by atoms with van der Waals surface area (Å²) in [5, 5.41) is 4.06. The maximum absolute atomic E-state index is 13.2. The average molecular weight is 338 g/mol. The van der Waals surface area contributed by atoms with E-state index in [4.69, 9.17) is 9.31 Å². The van der Waals surface area contributed by atoms with Crippen LogP contribution in [-0.4, -0.2) is 28.1 Å². The minimum atomic E-state index is -4.45. The zero-order valence-corrected chi connectivity index (χ0v) is 13.9. The fourth-order valence-electron chi connectivity index (χ4n) is 2.48. The van der Waals surface area contributed by atoms with Crippen LogP contribution in [0.15, 0.2) is 36.7 Å². The predicted molar refractivity (Wildman–Crippen MR) is 84.3 cm³/mol. The highest BCUT2D eigenvalue weighted by Crippen LogP contribution is 2.37. The summed E-state index contributed by atoms with van der Waals surface area (Å²) in [6, 6.07) is 5.31. The van der Waals surface area contributed by atoms with E-state index in [1.54, 1.807) is 6.07 Å². The molecule has 1 aliphatic rings. The molecule has 128 valence electrons. The van der Waals surface area contributed by atoms with E-state index in [9.17, 15) is 13.2 Å². The topological polar surface area (TPSA) is 36.3 Å². The SMILES string of the molecule is CC1(C)OB(c2cnn(-c3ccccc3C(F)(F)F)c2)OC1(C)C. The lowest BCUT2D eigenvalue weighted by molar-refractivity contribution is -0.137. The summed E-state index contributed by atoms with van der Waals surface area (Å²) >= 11 is 0. The van der Waals surface area contributed by atoms with Crippen LogP contribution in [0.3, 0.4) is 0 Å². The molecule has 0 spiro atoms. The number of rotatable bonds is 2. The Morgan fingerprint density at radius 2 is 1.62 bits per heavy atom. The first-order valence-corrected chi connectivity index (χ1v) is 7.58. The van der Waals surface area contributed by atoms with Crippen molar-refractivity contribution in [3.63, 3.8) is 0 Å². The number of nitrogens with zero attached hydrogens (tertiary/aromatic N) is 2. The van der Waals surface area contributed by atoms with Gasteiger partial charge in [0, 0.05) is 17.9 Å². The van der Waals surface area contributed by atoms with Crippen molar-refractivity contribution < 1.29 is 22.5 Å². The number of alkyl halides is 3. The van der Waals surface area contributed by atoms with E-state index >= 15 is 0 Å². The summed E-state index contributed by atoms with van der Waals surface area (Å²) in [5.41, 5.74) is -1.25. The monoisotopic (exact) mass is 338 g/mol. The highest BCUT2D eigenvalue weighted by molar-refractivity contribution is 6.62. The molecule has 24 heavy (non-hydrogen) atoms. The van der Waals surface area contributed by atoms with Crippen LogP contribution in [-0.2, 0) is 15.5 Å². The first-order chi connectivity index (χ1) is 11.0. The molecule has 1 fully saturated rings. The molecule has 1 aliphatic heterocycles. The van der Waals surface area contributed by atoms with Crippen molar-refractivity contribution in [2.24, 2.45) is 0 Å². The standard InChI is InChI=1S/C16H18BF3N2O2/c1-14(2)15(3,4)24-17(23-14)11-9-21-22(10-11)13-8-6-5-7-12(13)16(18,19)20/h5-10H,1-4H3. The molecule has 1 saturated heterocycles. The van der Waals surface area contributed by atoms with E-state index in [1.807, 2.05) is 27.7 Å². The number of hydrogen-bond acceptors (Lipinski definition) is 3. The second kappa shape index (κ2) is 5.36. The summed E-state index contributed by atoms with van der Waals surface area (Å²) in [7, 11) is -0.665. The maximum atomic E-state index is 13.2. The van der Waals surface area contributed by atoms with Gasteiger partial charge in [-0.3, -0.25) is 0 Å². The molecule has 4 nitrogen and oxygen atoms in total. The lowest BCUT2D eigenvalue weighted by Crippen LogP contribution is -2.41. The van der Waals surface area contributed by atoms with Crippen molar-refractivity contribution in [1.82, 2.24) is 9.78 Å². The van der Waals surface area contributed by atoms with Gasteiger partial charge in [-0.05, 0) is 39.8 Å². The second-order valence-electron chi connectivity index (χ2n) is 6.82. The van der Waals surface area contributed by atoms with Crippen LogP contribution in [0, 0.1) is 0 Å². The van der Waals surface area contributed by atoms with E-state index in [1.165, 1.54) is 29.2 Å². The summed E-state index contributed by atoms with van der Waals surface area (Å²) in [5.74, 6) is 0. The zero-order chi connectivity index (χ0) is 17.8. The minimum Gasteiger partial charge on any atom is -0.399 e. The largest absolute Gasteiger partial charge is 0.498 e. The van der Waals surface area contributed by atoms with E-state index in [0.29, 0.717) is 5.46 Å². The molecule has 2 heterocycles. The number of para-hydroxylation sites is 1. The van der Waals surface area contributed by atoms with E-state index in [0.717, 1.165) is 6.07 Å². The molecule has 0 saturated carbocycles. The van der Waals surface area contributed by atoms with Crippen LogP contribution in [0.1, 0.15) is 33.3 Å². The van der Waals surface area contributed by atoms with Gasteiger partial charge in [0.05, 0.1) is 22.5 Å². The first kappa shape index (κ1) is 17.0. The fraction of sp³-hybridized carbons (Fsp3) is 0.438. The molecule has 8 heteroatoms. The number of hydrogen-bond donors (Lipinski definition) is 0. The van der Waals surface area contributed by atoms with Crippen molar-refractivity contribution in [2.45, 2.75) is 45.1 Å². The van der Waals surface area contributed by atoms with Gasteiger partial charge in [0.2, 0.25) is 0 Å². The normalized spacial score (nSPS) is 19.7. The van der Waals surface area contributed by atoms with Crippen molar-refractivity contribution in [2.75, 3.05) is 0 Å². The Hall–Kier alpha value is -1.80. The third kappa shape index (κ3) is 2.84. The molecule has 0 N–H and O–H groups in total. The molecule has 2 aromatic rings. The first-order valence-electron chi connectivity index (χ1n) is 7.58. The second-order valence-corrected chi connectivity index (χ2v) is 6.82. The van der Waals surface area contributed by atoms with Crippen LogP contribution >= 0.6 is 0 Å². The maximum Gasteiger partial charge on any atom is 0.498 e. The van der Waals surface area contributed by atoms with Gasteiger partial charge in [0.1, 0.15) is 0 Å². The molecular weight excluding hydrogens is 320 g/mol. The average Bonchev–Trinajstić information content (AvgIpc) is 3.01. The number of benzene rings is 1. The summed E-state index contributed by atoms with van der Waals surface area (Å²) in [6.45, 7) is 7.65. The summed E-state index contributed by atoms with van der Waals surface area (Å²) in [4.78, 5) is 0. The van der Waals surface area contributed by atoms with Gasteiger partial charge >= 0.3 is 13.3 Å². The third-order valence-corrected chi connectivity index (χ3v) is 4.58. The highest BCUT2D eigenvalue weighted by atomic mass is 19.4. The predicted octanol–water partition coefficient (Wildman–Crippen LogP) is 3.19. The van der Waals surface area contributed by atoms with Gasteiger partial charge in [-0.1, -0.05) is 12.1 Å². The molecular formula is C16H18BF3N2O2.